The predicted molar refractivity (Wildman–Crippen MR) is 119 cm³/mol. The highest BCUT2D eigenvalue weighted by Crippen LogP contribution is 2.26. The first-order chi connectivity index (χ1) is 15.9. The maximum absolute atomic E-state index is 14.3. The molecule has 4 aromatic rings. The van der Waals surface area contributed by atoms with Crippen molar-refractivity contribution in [1.82, 2.24) is 0 Å². The SMILES string of the molecule is N/C(=N\O)c1cc2occ(C(=O)Nc3ccc(OCc4ccc(F)cc4Cl)cc3)c2cc1F. The van der Waals surface area contributed by atoms with E-state index in [1.54, 1.807) is 24.3 Å². The molecule has 1 heterocycles. The molecule has 4 N–H and O–H groups in total. The highest BCUT2D eigenvalue weighted by Gasteiger charge is 2.18. The number of amidine groups is 1. The molecule has 0 aliphatic heterocycles. The number of rotatable bonds is 6. The average molecular weight is 472 g/mol. The van der Waals surface area contributed by atoms with Gasteiger partial charge in [-0.1, -0.05) is 22.8 Å². The van der Waals surface area contributed by atoms with Crippen molar-refractivity contribution in [2.45, 2.75) is 6.61 Å². The van der Waals surface area contributed by atoms with Crippen LogP contribution < -0.4 is 15.8 Å². The van der Waals surface area contributed by atoms with Gasteiger partial charge in [0.05, 0.1) is 16.1 Å². The van der Waals surface area contributed by atoms with Gasteiger partial charge >= 0.3 is 0 Å². The summed E-state index contributed by atoms with van der Waals surface area (Å²) in [5.74, 6) is -1.62. The van der Waals surface area contributed by atoms with Gasteiger partial charge in [0, 0.05) is 16.6 Å². The normalized spacial score (nSPS) is 11.5. The van der Waals surface area contributed by atoms with Gasteiger partial charge in [0.1, 0.15) is 35.8 Å². The fourth-order valence-electron chi connectivity index (χ4n) is 3.11. The standard InChI is InChI=1S/C23H16ClF2N3O4/c24-19-7-13(25)2-1-12(19)10-32-15-5-3-14(4-6-15)28-23(30)18-11-33-21-9-17(22(27)29-31)20(26)8-16(18)21/h1-9,11,31H,10H2,(H2,27,29)(H,28,30). The first-order valence-corrected chi connectivity index (χ1v) is 9.90. The minimum atomic E-state index is -0.768. The Kier molecular flexibility index (Phi) is 6.14. The highest BCUT2D eigenvalue weighted by atomic mass is 35.5. The Hall–Kier alpha value is -4.11. The summed E-state index contributed by atoms with van der Waals surface area (Å²) in [5, 5.41) is 14.7. The Labute approximate surface area is 191 Å². The first-order valence-electron chi connectivity index (χ1n) is 9.52. The molecule has 10 heteroatoms. The first kappa shape index (κ1) is 22.1. The Morgan fingerprint density at radius 3 is 2.58 bits per heavy atom. The summed E-state index contributed by atoms with van der Waals surface area (Å²) >= 11 is 5.99. The molecule has 0 saturated carbocycles. The Balaban J connectivity index is 1.45. The largest absolute Gasteiger partial charge is 0.489 e. The number of nitrogens with one attached hydrogen (secondary N) is 1. The van der Waals surface area contributed by atoms with Crippen LogP contribution in [-0.4, -0.2) is 17.0 Å². The molecule has 0 atom stereocenters. The molecule has 168 valence electrons. The van der Waals surface area contributed by atoms with Crippen molar-refractivity contribution >= 4 is 40.0 Å². The predicted octanol–water partition coefficient (Wildman–Crippen LogP) is 5.29. The maximum atomic E-state index is 14.3. The van der Waals surface area contributed by atoms with Crippen LogP contribution in [0, 0.1) is 11.6 Å². The molecule has 0 saturated heterocycles. The van der Waals surface area contributed by atoms with Crippen LogP contribution in [0.4, 0.5) is 14.5 Å². The smallest absolute Gasteiger partial charge is 0.259 e. The van der Waals surface area contributed by atoms with Gasteiger partial charge in [-0.3, -0.25) is 4.79 Å². The van der Waals surface area contributed by atoms with E-state index in [1.165, 1.54) is 30.5 Å². The fraction of sp³-hybridized carbons (Fsp3) is 0.0435. The number of anilines is 1. The Morgan fingerprint density at radius 1 is 1.12 bits per heavy atom. The van der Waals surface area contributed by atoms with Gasteiger partial charge in [-0.05, 0) is 48.5 Å². The molecule has 1 amide bonds. The number of ether oxygens (including phenoxy) is 1. The van der Waals surface area contributed by atoms with Crippen molar-refractivity contribution in [3.8, 4) is 5.75 Å². The number of amides is 1. The zero-order chi connectivity index (χ0) is 23.5. The van der Waals surface area contributed by atoms with Gasteiger partial charge in [-0.2, -0.15) is 0 Å². The highest BCUT2D eigenvalue weighted by molar-refractivity contribution is 6.31. The monoisotopic (exact) mass is 471 g/mol. The van der Waals surface area contributed by atoms with E-state index < -0.39 is 23.4 Å². The number of hydrogen-bond donors (Lipinski definition) is 3. The molecule has 0 unspecified atom stereocenters. The van der Waals surface area contributed by atoms with E-state index in [0.717, 1.165) is 6.07 Å². The number of hydrogen-bond acceptors (Lipinski definition) is 5. The minimum absolute atomic E-state index is 0.112. The average Bonchev–Trinajstić information content (AvgIpc) is 3.21. The van der Waals surface area contributed by atoms with Crippen LogP contribution in [0.1, 0.15) is 21.5 Å². The zero-order valence-corrected chi connectivity index (χ0v) is 17.6. The third-order valence-electron chi connectivity index (χ3n) is 4.81. The second-order valence-corrected chi connectivity index (χ2v) is 7.37. The summed E-state index contributed by atoms with van der Waals surface area (Å²) in [5.41, 5.74) is 6.70. The van der Waals surface area contributed by atoms with E-state index in [2.05, 4.69) is 10.5 Å². The number of furan rings is 1. The molecule has 0 spiro atoms. The molecule has 0 radical (unpaired) electrons. The number of carbonyl (C=O) groups excluding carboxylic acids is 1. The number of nitrogens with two attached hydrogens (primary N) is 1. The van der Waals surface area contributed by atoms with Gasteiger partial charge in [0.25, 0.3) is 5.91 Å². The number of oxime groups is 1. The van der Waals surface area contributed by atoms with E-state index in [1.807, 2.05) is 0 Å². The molecular formula is C23H16ClF2N3O4. The summed E-state index contributed by atoms with van der Waals surface area (Å²) in [4.78, 5) is 12.7. The van der Waals surface area contributed by atoms with Crippen LogP contribution in [0.3, 0.4) is 0 Å². The topological polar surface area (TPSA) is 110 Å². The van der Waals surface area contributed by atoms with Crippen molar-refractivity contribution < 1.29 is 27.9 Å². The summed E-state index contributed by atoms with van der Waals surface area (Å²) < 4.78 is 38.4. The van der Waals surface area contributed by atoms with E-state index in [9.17, 15) is 13.6 Å². The lowest BCUT2D eigenvalue weighted by Gasteiger charge is -2.09. The van der Waals surface area contributed by atoms with Gasteiger partial charge in [0.2, 0.25) is 0 Å². The van der Waals surface area contributed by atoms with Gasteiger partial charge in [-0.25, -0.2) is 8.78 Å². The number of benzene rings is 3. The number of fused-ring (bicyclic) bond motifs is 1. The molecule has 0 bridgehead atoms. The van der Waals surface area contributed by atoms with Crippen molar-refractivity contribution in [3.05, 3.63) is 94.2 Å². The van der Waals surface area contributed by atoms with Crippen LogP contribution in [-0.2, 0) is 6.61 Å². The second-order valence-electron chi connectivity index (χ2n) is 6.97. The Morgan fingerprint density at radius 2 is 1.88 bits per heavy atom. The van der Waals surface area contributed by atoms with Gasteiger partial charge < -0.3 is 25.4 Å². The van der Waals surface area contributed by atoms with Crippen LogP contribution in [0.5, 0.6) is 5.75 Å². The van der Waals surface area contributed by atoms with Crippen LogP contribution >= 0.6 is 11.6 Å². The molecule has 7 nitrogen and oxygen atoms in total. The van der Waals surface area contributed by atoms with E-state index in [4.69, 9.17) is 31.7 Å². The minimum Gasteiger partial charge on any atom is -0.489 e. The van der Waals surface area contributed by atoms with Crippen LogP contribution in [0.25, 0.3) is 11.0 Å². The molecule has 3 aromatic carbocycles. The molecular weight excluding hydrogens is 456 g/mol. The molecule has 0 aliphatic rings. The number of carbonyl (C=O) groups is 1. The molecule has 33 heavy (non-hydrogen) atoms. The van der Waals surface area contributed by atoms with Gasteiger partial charge in [-0.15, -0.1) is 0 Å². The Bertz CT molecular complexity index is 1370. The lowest BCUT2D eigenvalue weighted by molar-refractivity contribution is 0.102. The van der Waals surface area contributed by atoms with E-state index in [-0.39, 0.29) is 33.7 Å². The molecule has 4 rings (SSSR count). The number of nitrogens with zero attached hydrogens (tertiary/aromatic N) is 1. The van der Waals surface area contributed by atoms with Crippen LogP contribution in [0.15, 0.2) is 70.4 Å². The quantitative estimate of drug-likeness (QED) is 0.153. The van der Waals surface area contributed by atoms with Crippen molar-refractivity contribution in [2.24, 2.45) is 10.9 Å². The third kappa shape index (κ3) is 4.73. The molecule has 1 aromatic heterocycles. The summed E-state index contributed by atoms with van der Waals surface area (Å²) in [6.07, 6.45) is 1.19. The van der Waals surface area contributed by atoms with E-state index >= 15 is 0 Å². The van der Waals surface area contributed by atoms with Crippen molar-refractivity contribution in [1.29, 1.82) is 0 Å². The molecule has 0 aliphatic carbocycles. The molecule has 0 fully saturated rings. The summed E-state index contributed by atoms with van der Waals surface area (Å²) in [7, 11) is 0. The summed E-state index contributed by atoms with van der Waals surface area (Å²) in [6, 6.07) is 12.9. The van der Waals surface area contributed by atoms with Crippen LogP contribution in [0.2, 0.25) is 5.02 Å². The summed E-state index contributed by atoms with van der Waals surface area (Å²) in [6.45, 7) is 0.144. The number of halogens is 3. The lowest BCUT2D eigenvalue weighted by Crippen LogP contribution is -2.15. The zero-order valence-electron chi connectivity index (χ0n) is 16.8. The maximum Gasteiger partial charge on any atom is 0.259 e. The second kappa shape index (κ2) is 9.17. The third-order valence-corrected chi connectivity index (χ3v) is 5.16. The van der Waals surface area contributed by atoms with Gasteiger partial charge in [0.15, 0.2) is 5.84 Å². The van der Waals surface area contributed by atoms with E-state index in [0.29, 0.717) is 17.0 Å². The fourth-order valence-corrected chi connectivity index (χ4v) is 3.33. The lowest BCUT2D eigenvalue weighted by atomic mass is 10.1. The van der Waals surface area contributed by atoms with Crippen molar-refractivity contribution in [2.75, 3.05) is 5.32 Å². The van der Waals surface area contributed by atoms with Crippen molar-refractivity contribution in [3.63, 3.8) is 0 Å².